The fourth-order valence-corrected chi connectivity index (χ4v) is 4.10. The molecule has 29 heavy (non-hydrogen) atoms. The summed E-state index contributed by atoms with van der Waals surface area (Å²) in [6, 6.07) is 14.7. The number of benzene rings is 2. The Balaban J connectivity index is 1.47. The predicted octanol–water partition coefficient (Wildman–Crippen LogP) is 5.16. The third-order valence-electron chi connectivity index (χ3n) is 4.29. The zero-order chi connectivity index (χ0) is 20.4. The number of rotatable bonds is 6. The second kappa shape index (κ2) is 8.14. The SMILES string of the molecule is COc1cc(C(=O)NCc2ccc(-c3nc4ccccc4s3)o2)cc(Cl)c1OC. The molecule has 0 aliphatic carbocycles. The van der Waals surface area contributed by atoms with Gasteiger partial charge >= 0.3 is 0 Å². The number of fused-ring (bicyclic) bond motifs is 1. The van der Waals surface area contributed by atoms with Gasteiger partial charge in [0.1, 0.15) is 5.76 Å². The van der Waals surface area contributed by atoms with Crippen LogP contribution in [-0.2, 0) is 6.54 Å². The molecule has 0 saturated heterocycles. The minimum Gasteiger partial charge on any atom is -0.493 e. The van der Waals surface area contributed by atoms with Gasteiger partial charge in [-0.15, -0.1) is 11.3 Å². The molecule has 0 aliphatic rings. The van der Waals surface area contributed by atoms with Gasteiger partial charge in [-0.1, -0.05) is 23.7 Å². The van der Waals surface area contributed by atoms with Crippen LogP contribution in [0.25, 0.3) is 21.0 Å². The molecule has 2 heterocycles. The Hall–Kier alpha value is -3.03. The Kier molecular flexibility index (Phi) is 5.42. The number of carbonyl (C=O) groups is 1. The topological polar surface area (TPSA) is 73.6 Å². The monoisotopic (exact) mass is 428 g/mol. The summed E-state index contributed by atoms with van der Waals surface area (Å²) in [6.45, 7) is 0.232. The van der Waals surface area contributed by atoms with Crippen LogP contribution in [-0.4, -0.2) is 25.1 Å². The van der Waals surface area contributed by atoms with Gasteiger partial charge in [-0.3, -0.25) is 4.79 Å². The summed E-state index contributed by atoms with van der Waals surface area (Å²) >= 11 is 7.73. The highest BCUT2D eigenvalue weighted by Crippen LogP contribution is 2.36. The predicted molar refractivity (Wildman–Crippen MR) is 113 cm³/mol. The van der Waals surface area contributed by atoms with E-state index in [4.69, 9.17) is 25.5 Å². The molecule has 0 atom stereocenters. The van der Waals surface area contributed by atoms with E-state index >= 15 is 0 Å². The average molecular weight is 429 g/mol. The molecule has 148 valence electrons. The Bertz CT molecular complexity index is 1150. The van der Waals surface area contributed by atoms with E-state index in [0.717, 1.165) is 15.2 Å². The molecule has 0 saturated carbocycles. The van der Waals surface area contributed by atoms with E-state index in [-0.39, 0.29) is 12.5 Å². The lowest BCUT2D eigenvalue weighted by molar-refractivity contribution is 0.0947. The highest BCUT2D eigenvalue weighted by molar-refractivity contribution is 7.21. The zero-order valence-corrected chi connectivity index (χ0v) is 17.3. The molecule has 0 unspecified atom stereocenters. The maximum atomic E-state index is 12.5. The van der Waals surface area contributed by atoms with Gasteiger partial charge in [-0.2, -0.15) is 0 Å². The maximum Gasteiger partial charge on any atom is 0.251 e. The number of nitrogens with one attached hydrogen (secondary N) is 1. The Morgan fingerprint density at radius 2 is 2.00 bits per heavy atom. The number of amides is 1. The number of hydrogen-bond donors (Lipinski definition) is 1. The minimum atomic E-state index is -0.300. The number of halogens is 1. The molecule has 2 aromatic heterocycles. The molecule has 0 fully saturated rings. The number of nitrogens with zero attached hydrogens (tertiary/aromatic N) is 1. The van der Waals surface area contributed by atoms with Crippen LogP contribution in [0.3, 0.4) is 0 Å². The number of thiazole rings is 1. The fourth-order valence-electron chi connectivity index (χ4n) is 2.88. The van der Waals surface area contributed by atoms with E-state index in [0.29, 0.717) is 33.6 Å². The number of aromatic nitrogens is 1. The zero-order valence-electron chi connectivity index (χ0n) is 15.7. The lowest BCUT2D eigenvalue weighted by Crippen LogP contribution is -2.22. The van der Waals surface area contributed by atoms with Gasteiger partial charge in [0.2, 0.25) is 0 Å². The van der Waals surface area contributed by atoms with Crippen molar-refractivity contribution in [2.75, 3.05) is 14.2 Å². The van der Waals surface area contributed by atoms with E-state index < -0.39 is 0 Å². The van der Waals surface area contributed by atoms with E-state index in [1.165, 1.54) is 20.3 Å². The fraction of sp³-hybridized carbons (Fsp3) is 0.143. The van der Waals surface area contributed by atoms with Crippen molar-refractivity contribution < 1.29 is 18.7 Å². The second-order valence-electron chi connectivity index (χ2n) is 6.13. The molecule has 0 bridgehead atoms. The van der Waals surface area contributed by atoms with Crippen molar-refractivity contribution in [1.29, 1.82) is 0 Å². The molecule has 0 aliphatic heterocycles. The number of hydrogen-bond acceptors (Lipinski definition) is 6. The summed E-state index contributed by atoms with van der Waals surface area (Å²) in [6.07, 6.45) is 0. The first-order valence-corrected chi connectivity index (χ1v) is 9.93. The summed E-state index contributed by atoms with van der Waals surface area (Å²) in [5.41, 5.74) is 1.30. The summed E-state index contributed by atoms with van der Waals surface area (Å²) in [5, 5.41) is 3.92. The first-order valence-electron chi connectivity index (χ1n) is 8.73. The molecule has 2 aromatic carbocycles. The molecule has 1 amide bonds. The van der Waals surface area contributed by atoms with Crippen LogP contribution < -0.4 is 14.8 Å². The molecule has 4 aromatic rings. The van der Waals surface area contributed by atoms with Gasteiger partial charge in [0.15, 0.2) is 22.3 Å². The van der Waals surface area contributed by atoms with Gasteiger partial charge in [0.05, 0.1) is 36.0 Å². The lowest BCUT2D eigenvalue weighted by Gasteiger charge is -2.11. The van der Waals surface area contributed by atoms with Gasteiger partial charge in [-0.25, -0.2) is 4.98 Å². The molecule has 6 nitrogen and oxygen atoms in total. The van der Waals surface area contributed by atoms with Crippen LogP contribution in [0.5, 0.6) is 11.5 Å². The Morgan fingerprint density at radius 1 is 1.17 bits per heavy atom. The summed E-state index contributed by atoms with van der Waals surface area (Å²) < 4.78 is 17.4. The summed E-state index contributed by atoms with van der Waals surface area (Å²) in [5.74, 6) is 1.77. The van der Waals surface area contributed by atoms with Gasteiger partial charge in [0.25, 0.3) is 5.91 Å². The number of para-hydroxylation sites is 1. The van der Waals surface area contributed by atoms with Crippen LogP contribution in [0.15, 0.2) is 52.9 Å². The van der Waals surface area contributed by atoms with Crippen molar-refractivity contribution >= 4 is 39.1 Å². The van der Waals surface area contributed by atoms with E-state index in [1.807, 2.05) is 36.4 Å². The first-order chi connectivity index (χ1) is 14.1. The average Bonchev–Trinajstić information content (AvgIpc) is 3.37. The quantitative estimate of drug-likeness (QED) is 0.459. The number of carbonyl (C=O) groups excluding carboxylic acids is 1. The van der Waals surface area contributed by atoms with E-state index in [2.05, 4.69) is 10.3 Å². The molecule has 0 spiro atoms. The summed E-state index contributed by atoms with van der Waals surface area (Å²) in [4.78, 5) is 17.1. The minimum absolute atomic E-state index is 0.232. The third kappa shape index (κ3) is 3.92. The smallest absolute Gasteiger partial charge is 0.251 e. The molecular formula is C21H17ClN2O4S. The molecule has 4 rings (SSSR count). The van der Waals surface area contributed by atoms with Gasteiger partial charge in [0, 0.05) is 5.56 Å². The standard InChI is InChI=1S/C21H17ClN2O4S/c1-26-17-10-12(9-14(22)19(17)27-2)20(25)23-11-13-7-8-16(28-13)21-24-15-5-3-4-6-18(15)29-21/h3-10H,11H2,1-2H3,(H,23,25). The second-order valence-corrected chi connectivity index (χ2v) is 7.57. The van der Waals surface area contributed by atoms with Crippen molar-refractivity contribution in [3.63, 3.8) is 0 Å². The highest BCUT2D eigenvalue weighted by atomic mass is 35.5. The van der Waals surface area contributed by atoms with Gasteiger partial charge < -0.3 is 19.2 Å². The first kappa shape index (κ1) is 19.3. The van der Waals surface area contributed by atoms with Crippen LogP contribution in [0, 0.1) is 0 Å². The summed E-state index contributed by atoms with van der Waals surface area (Å²) in [7, 11) is 2.98. The van der Waals surface area contributed by atoms with E-state index in [1.54, 1.807) is 17.4 Å². The van der Waals surface area contributed by atoms with Crippen molar-refractivity contribution in [3.05, 3.63) is 64.9 Å². The molecule has 0 radical (unpaired) electrons. The Morgan fingerprint density at radius 3 is 2.76 bits per heavy atom. The van der Waals surface area contributed by atoms with Gasteiger partial charge in [-0.05, 0) is 36.4 Å². The lowest BCUT2D eigenvalue weighted by atomic mass is 10.2. The van der Waals surface area contributed by atoms with Crippen molar-refractivity contribution in [3.8, 4) is 22.3 Å². The maximum absolute atomic E-state index is 12.5. The van der Waals surface area contributed by atoms with Crippen LogP contribution in [0.4, 0.5) is 0 Å². The van der Waals surface area contributed by atoms with Crippen LogP contribution in [0.2, 0.25) is 5.02 Å². The third-order valence-corrected chi connectivity index (χ3v) is 5.62. The van der Waals surface area contributed by atoms with Crippen molar-refractivity contribution in [2.24, 2.45) is 0 Å². The van der Waals surface area contributed by atoms with Crippen molar-refractivity contribution in [2.45, 2.75) is 6.54 Å². The van der Waals surface area contributed by atoms with Crippen molar-refractivity contribution in [1.82, 2.24) is 10.3 Å². The molecular weight excluding hydrogens is 412 g/mol. The van der Waals surface area contributed by atoms with Crippen LogP contribution in [0.1, 0.15) is 16.1 Å². The highest BCUT2D eigenvalue weighted by Gasteiger charge is 2.16. The molecule has 1 N–H and O–H groups in total. The normalized spacial score (nSPS) is 10.9. The number of ether oxygens (including phenoxy) is 2. The molecule has 8 heteroatoms. The largest absolute Gasteiger partial charge is 0.493 e. The van der Waals surface area contributed by atoms with E-state index in [9.17, 15) is 4.79 Å². The number of furan rings is 1. The number of methoxy groups -OCH3 is 2. The Labute approximate surface area is 176 Å². The van der Waals surface area contributed by atoms with Crippen LogP contribution >= 0.6 is 22.9 Å².